The van der Waals surface area contributed by atoms with Crippen molar-refractivity contribution >= 4 is 23.6 Å². The average Bonchev–Trinajstić information content (AvgIpc) is 2.61. The van der Waals surface area contributed by atoms with E-state index in [1.54, 1.807) is 19.1 Å². The van der Waals surface area contributed by atoms with E-state index in [4.69, 9.17) is 16.3 Å². The van der Waals surface area contributed by atoms with Crippen LogP contribution in [0.1, 0.15) is 38.8 Å². The van der Waals surface area contributed by atoms with Crippen LogP contribution in [-0.4, -0.2) is 38.2 Å². The number of piperidine rings is 1. The molecule has 1 fully saturated rings. The number of carbonyl (C=O) groups is 2. The molecule has 0 aliphatic carbocycles. The summed E-state index contributed by atoms with van der Waals surface area (Å²) in [4.78, 5) is 26.6. The number of rotatable bonds is 5. The molecule has 28 heavy (non-hydrogen) atoms. The molecule has 3 rings (SSSR count). The van der Waals surface area contributed by atoms with Crippen LogP contribution in [0.2, 0.25) is 5.02 Å². The number of likely N-dealkylation sites (tertiary alicyclic amines) is 1. The second kappa shape index (κ2) is 8.97. The van der Waals surface area contributed by atoms with E-state index < -0.39 is 12.0 Å². The molecule has 3 N–H and O–H groups in total. The minimum Gasteiger partial charge on any atom is -0.463 e. The van der Waals surface area contributed by atoms with Crippen LogP contribution < -0.4 is 15.5 Å². The van der Waals surface area contributed by atoms with E-state index in [0.29, 0.717) is 34.7 Å². The molecule has 7 heteroatoms. The van der Waals surface area contributed by atoms with E-state index in [1.807, 2.05) is 12.1 Å². The normalized spacial score (nSPS) is 27.8. The Morgan fingerprint density at radius 1 is 1.21 bits per heavy atom. The van der Waals surface area contributed by atoms with Crippen LogP contribution >= 0.6 is 11.6 Å². The highest BCUT2D eigenvalue weighted by molar-refractivity contribution is 6.30. The van der Waals surface area contributed by atoms with Crippen molar-refractivity contribution in [2.75, 3.05) is 26.2 Å². The maximum Gasteiger partial charge on any atom is 0.338 e. The standard InChI is InChI=1S/C21H28ClN3O3/c1-4-28-20(26)18-17(12-25-10-13(2)9-14(3)11-25)23-21(27)24-19(18)15-5-7-16(22)8-6-15/h5-8,13-14,19H,4,9-12H2,1-3H3,(H2,23,24,27)/p+1/t13-,14-,19-/m0/s1. The summed E-state index contributed by atoms with van der Waals surface area (Å²) in [6.07, 6.45) is 1.22. The Morgan fingerprint density at radius 2 is 1.86 bits per heavy atom. The van der Waals surface area contributed by atoms with Crippen LogP contribution in [0.15, 0.2) is 35.5 Å². The summed E-state index contributed by atoms with van der Waals surface area (Å²) < 4.78 is 5.33. The highest BCUT2D eigenvalue weighted by atomic mass is 35.5. The number of benzene rings is 1. The molecule has 2 heterocycles. The third-order valence-corrected chi connectivity index (χ3v) is 5.61. The molecule has 1 aromatic carbocycles. The molecular formula is C21H29ClN3O3+. The smallest absolute Gasteiger partial charge is 0.338 e. The van der Waals surface area contributed by atoms with Gasteiger partial charge < -0.3 is 20.3 Å². The molecule has 2 aliphatic heterocycles. The largest absolute Gasteiger partial charge is 0.463 e. The van der Waals surface area contributed by atoms with Crippen LogP contribution in [0.5, 0.6) is 0 Å². The third kappa shape index (κ3) is 4.86. The quantitative estimate of drug-likeness (QED) is 0.655. The number of nitrogens with one attached hydrogen (secondary N) is 3. The van der Waals surface area contributed by atoms with Crippen molar-refractivity contribution in [2.24, 2.45) is 11.8 Å². The molecule has 152 valence electrons. The molecule has 6 nitrogen and oxygen atoms in total. The molecule has 2 aliphatic rings. The number of carbonyl (C=O) groups excluding carboxylic acids is 2. The minimum absolute atomic E-state index is 0.279. The Hall–Kier alpha value is -2.05. The fourth-order valence-electron chi connectivity index (χ4n) is 4.43. The van der Waals surface area contributed by atoms with Crippen molar-refractivity contribution in [1.29, 1.82) is 0 Å². The molecule has 1 aromatic rings. The zero-order chi connectivity index (χ0) is 20.3. The Kier molecular flexibility index (Phi) is 6.62. The van der Waals surface area contributed by atoms with Gasteiger partial charge in [0.05, 0.1) is 37.0 Å². The first kappa shape index (κ1) is 20.7. The fourth-order valence-corrected chi connectivity index (χ4v) is 4.56. The molecule has 3 atom stereocenters. The lowest BCUT2D eigenvalue weighted by Crippen LogP contribution is -3.14. The van der Waals surface area contributed by atoms with Crippen molar-refractivity contribution in [3.05, 3.63) is 46.1 Å². The summed E-state index contributed by atoms with van der Waals surface area (Å²) in [7, 11) is 0. The lowest BCUT2D eigenvalue weighted by atomic mass is 9.91. The summed E-state index contributed by atoms with van der Waals surface area (Å²) in [5.74, 6) is 0.840. The van der Waals surface area contributed by atoms with E-state index in [0.717, 1.165) is 18.7 Å². The summed E-state index contributed by atoms with van der Waals surface area (Å²) in [5, 5.41) is 6.34. The summed E-state index contributed by atoms with van der Waals surface area (Å²) in [6.45, 7) is 9.23. The van der Waals surface area contributed by atoms with Gasteiger partial charge in [-0.05, 0) is 31.0 Å². The number of ether oxygens (including phenoxy) is 1. The Morgan fingerprint density at radius 3 is 2.46 bits per heavy atom. The molecular weight excluding hydrogens is 378 g/mol. The van der Waals surface area contributed by atoms with Crippen molar-refractivity contribution in [3.8, 4) is 0 Å². The lowest BCUT2D eigenvalue weighted by molar-refractivity contribution is -0.907. The van der Waals surface area contributed by atoms with Gasteiger partial charge in [-0.2, -0.15) is 0 Å². The predicted molar refractivity (Wildman–Crippen MR) is 108 cm³/mol. The van der Waals surface area contributed by atoms with Gasteiger partial charge in [-0.3, -0.25) is 0 Å². The molecule has 0 radical (unpaired) electrons. The number of hydrogen-bond donors (Lipinski definition) is 3. The van der Waals surface area contributed by atoms with Crippen molar-refractivity contribution in [1.82, 2.24) is 10.6 Å². The molecule has 0 unspecified atom stereocenters. The molecule has 0 saturated carbocycles. The maximum atomic E-state index is 12.8. The third-order valence-electron chi connectivity index (χ3n) is 5.36. The van der Waals surface area contributed by atoms with Gasteiger partial charge in [-0.25, -0.2) is 9.59 Å². The Balaban J connectivity index is 1.96. The predicted octanol–water partition coefficient (Wildman–Crippen LogP) is 2.07. The SMILES string of the molecule is CCOC(=O)C1=C(C[NH+]2C[C@@H](C)C[C@H](C)C2)NC(=O)N[C@H]1c1ccc(Cl)cc1. The number of urea groups is 1. The van der Waals surface area contributed by atoms with Crippen LogP contribution in [-0.2, 0) is 9.53 Å². The number of amides is 2. The maximum absolute atomic E-state index is 12.8. The Bertz CT molecular complexity index is 753. The fraction of sp³-hybridized carbons (Fsp3) is 0.524. The van der Waals surface area contributed by atoms with Gasteiger partial charge in [0.25, 0.3) is 0 Å². The van der Waals surface area contributed by atoms with Crippen molar-refractivity contribution < 1.29 is 19.2 Å². The second-order valence-electron chi connectivity index (χ2n) is 7.98. The first-order chi connectivity index (χ1) is 13.4. The summed E-state index contributed by atoms with van der Waals surface area (Å²) in [5.41, 5.74) is 1.93. The number of esters is 1. The van der Waals surface area contributed by atoms with E-state index in [2.05, 4.69) is 24.5 Å². The van der Waals surface area contributed by atoms with Crippen LogP contribution in [0.4, 0.5) is 4.79 Å². The topological polar surface area (TPSA) is 71.9 Å². The van der Waals surface area contributed by atoms with Gasteiger partial charge in [0.1, 0.15) is 6.54 Å². The van der Waals surface area contributed by atoms with Crippen molar-refractivity contribution in [3.63, 3.8) is 0 Å². The summed E-state index contributed by atoms with van der Waals surface area (Å²) in [6, 6.07) is 6.31. The number of quaternary nitrogens is 1. The van der Waals surface area contributed by atoms with Gasteiger partial charge in [0.2, 0.25) is 0 Å². The molecule has 0 spiro atoms. The van der Waals surface area contributed by atoms with Gasteiger partial charge in [0, 0.05) is 16.9 Å². The molecule has 0 bridgehead atoms. The highest BCUT2D eigenvalue weighted by Crippen LogP contribution is 2.28. The summed E-state index contributed by atoms with van der Waals surface area (Å²) >= 11 is 6.01. The van der Waals surface area contributed by atoms with E-state index in [9.17, 15) is 9.59 Å². The average molecular weight is 407 g/mol. The van der Waals surface area contributed by atoms with Crippen LogP contribution in [0.3, 0.4) is 0 Å². The van der Waals surface area contributed by atoms with E-state index in [1.165, 1.54) is 11.3 Å². The van der Waals surface area contributed by atoms with Crippen molar-refractivity contribution in [2.45, 2.75) is 33.2 Å². The van der Waals surface area contributed by atoms with Crippen LogP contribution in [0.25, 0.3) is 0 Å². The first-order valence-electron chi connectivity index (χ1n) is 9.94. The minimum atomic E-state index is -0.556. The van der Waals surface area contributed by atoms with E-state index >= 15 is 0 Å². The van der Waals surface area contributed by atoms with Gasteiger partial charge in [-0.1, -0.05) is 37.6 Å². The molecule has 1 saturated heterocycles. The first-order valence-corrected chi connectivity index (χ1v) is 10.3. The zero-order valence-electron chi connectivity index (χ0n) is 16.7. The second-order valence-corrected chi connectivity index (χ2v) is 8.41. The van der Waals surface area contributed by atoms with Gasteiger partial charge in [-0.15, -0.1) is 0 Å². The molecule has 0 aromatic heterocycles. The van der Waals surface area contributed by atoms with Gasteiger partial charge >= 0.3 is 12.0 Å². The van der Waals surface area contributed by atoms with Gasteiger partial charge in [0.15, 0.2) is 0 Å². The lowest BCUT2D eigenvalue weighted by Gasteiger charge is -2.35. The van der Waals surface area contributed by atoms with Crippen LogP contribution in [0, 0.1) is 11.8 Å². The highest BCUT2D eigenvalue weighted by Gasteiger charge is 2.36. The Labute approximate surface area is 171 Å². The monoisotopic (exact) mass is 406 g/mol. The number of hydrogen-bond acceptors (Lipinski definition) is 3. The zero-order valence-corrected chi connectivity index (χ0v) is 17.4. The molecule has 2 amide bonds. The van der Waals surface area contributed by atoms with E-state index in [-0.39, 0.29) is 12.6 Å². The number of halogens is 1.